The van der Waals surface area contributed by atoms with E-state index in [1.54, 1.807) is 0 Å². The van der Waals surface area contributed by atoms with Gasteiger partial charge in [-0.05, 0) is 44.9 Å². The van der Waals surface area contributed by atoms with E-state index in [1.807, 2.05) is 49.9 Å². The highest BCUT2D eigenvalue weighted by Crippen LogP contribution is 2.21. The number of ether oxygens (including phenoxy) is 1. The van der Waals surface area contributed by atoms with Crippen molar-refractivity contribution < 1.29 is 9.53 Å². The van der Waals surface area contributed by atoms with Gasteiger partial charge >= 0.3 is 6.03 Å². The standard InChI is InChI=1S/C20H29N3O2/c1-15(2)25-19-8-6-17(7-9-19)16(3)21-20(24)23-13-10-18(14-23)22-11-4-5-12-22/h4-9,15-16,18H,10-14H2,1-3H3,(H,21,24)/t16-,18+/m0/s1. The van der Waals surface area contributed by atoms with Crippen molar-refractivity contribution in [3.05, 3.63) is 42.0 Å². The predicted molar refractivity (Wildman–Crippen MR) is 99.8 cm³/mol. The van der Waals surface area contributed by atoms with Crippen LogP contribution in [0, 0.1) is 0 Å². The van der Waals surface area contributed by atoms with Gasteiger partial charge in [0.25, 0.3) is 0 Å². The molecule has 1 aromatic carbocycles. The molecular weight excluding hydrogens is 314 g/mol. The lowest BCUT2D eigenvalue weighted by atomic mass is 10.1. The number of likely N-dealkylation sites (tertiary alicyclic amines) is 1. The summed E-state index contributed by atoms with van der Waals surface area (Å²) in [5, 5.41) is 3.12. The largest absolute Gasteiger partial charge is 0.491 e. The molecule has 2 aliphatic heterocycles. The smallest absolute Gasteiger partial charge is 0.317 e. The van der Waals surface area contributed by atoms with E-state index in [2.05, 4.69) is 22.4 Å². The van der Waals surface area contributed by atoms with Crippen molar-refractivity contribution >= 4 is 6.03 Å². The summed E-state index contributed by atoms with van der Waals surface area (Å²) in [5.41, 5.74) is 1.09. The summed E-state index contributed by atoms with van der Waals surface area (Å²) in [6.45, 7) is 9.73. The van der Waals surface area contributed by atoms with Crippen LogP contribution < -0.4 is 10.1 Å². The normalized spacial score (nSPS) is 21.8. The third-order valence-electron chi connectivity index (χ3n) is 4.91. The Hall–Kier alpha value is -2.01. The molecule has 0 aliphatic carbocycles. The summed E-state index contributed by atoms with van der Waals surface area (Å²) < 4.78 is 5.67. The van der Waals surface area contributed by atoms with Crippen LogP contribution in [-0.4, -0.2) is 54.2 Å². The van der Waals surface area contributed by atoms with E-state index in [9.17, 15) is 4.79 Å². The number of hydrogen-bond acceptors (Lipinski definition) is 3. The molecule has 0 bridgehead atoms. The van der Waals surface area contributed by atoms with Gasteiger partial charge in [-0.25, -0.2) is 4.79 Å². The molecule has 25 heavy (non-hydrogen) atoms. The van der Waals surface area contributed by atoms with Crippen LogP contribution in [0.1, 0.15) is 38.8 Å². The highest BCUT2D eigenvalue weighted by Gasteiger charge is 2.30. The molecule has 0 spiro atoms. The van der Waals surface area contributed by atoms with Crippen LogP contribution in [0.5, 0.6) is 5.75 Å². The molecule has 0 unspecified atom stereocenters. The molecule has 0 aromatic heterocycles. The van der Waals surface area contributed by atoms with Crippen molar-refractivity contribution in [2.45, 2.75) is 45.4 Å². The second-order valence-corrected chi connectivity index (χ2v) is 7.22. The monoisotopic (exact) mass is 343 g/mol. The Labute approximate surface area is 150 Å². The van der Waals surface area contributed by atoms with E-state index < -0.39 is 0 Å². The summed E-state index contributed by atoms with van der Waals surface area (Å²) >= 11 is 0. The van der Waals surface area contributed by atoms with E-state index in [0.717, 1.165) is 43.9 Å². The Bertz CT molecular complexity index is 604. The Kier molecular flexibility index (Phi) is 5.63. The van der Waals surface area contributed by atoms with E-state index in [1.165, 1.54) is 0 Å². The first-order valence-corrected chi connectivity index (χ1v) is 9.24. The maximum atomic E-state index is 12.6. The lowest BCUT2D eigenvalue weighted by Gasteiger charge is -2.25. The fourth-order valence-corrected chi connectivity index (χ4v) is 3.48. The van der Waals surface area contributed by atoms with Crippen LogP contribution in [0.25, 0.3) is 0 Å². The molecule has 1 aromatic rings. The van der Waals surface area contributed by atoms with Crippen LogP contribution >= 0.6 is 0 Å². The van der Waals surface area contributed by atoms with Gasteiger partial charge in [0.15, 0.2) is 0 Å². The maximum Gasteiger partial charge on any atom is 0.317 e. The topological polar surface area (TPSA) is 44.8 Å². The number of carbonyl (C=O) groups is 1. The van der Waals surface area contributed by atoms with Gasteiger partial charge < -0.3 is 15.0 Å². The summed E-state index contributed by atoms with van der Waals surface area (Å²) in [6, 6.07) is 8.46. The number of nitrogens with zero attached hydrogens (tertiary/aromatic N) is 2. The minimum atomic E-state index is -0.0203. The lowest BCUT2D eigenvalue weighted by Crippen LogP contribution is -2.42. The quantitative estimate of drug-likeness (QED) is 0.835. The zero-order chi connectivity index (χ0) is 17.8. The number of nitrogens with one attached hydrogen (secondary N) is 1. The van der Waals surface area contributed by atoms with Crippen LogP contribution in [0.2, 0.25) is 0 Å². The highest BCUT2D eigenvalue weighted by molar-refractivity contribution is 5.75. The van der Waals surface area contributed by atoms with Gasteiger partial charge in [-0.2, -0.15) is 0 Å². The first-order chi connectivity index (χ1) is 12.0. The van der Waals surface area contributed by atoms with Crippen molar-refractivity contribution in [2.24, 2.45) is 0 Å². The van der Waals surface area contributed by atoms with E-state index in [0.29, 0.717) is 6.04 Å². The minimum absolute atomic E-state index is 0.0203. The SMILES string of the molecule is CC(C)Oc1ccc([C@H](C)NC(=O)N2CC[C@@H](N3CC=CC3)C2)cc1. The van der Waals surface area contributed by atoms with Crippen LogP contribution in [0.3, 0.4) is 0 Å². The summed E-state index contributed by atoms with van der Waals surface area (Å²) in [5.74, 6) is 0.860. The Balaban J connectivity index is 1.50. The molecule has 1 fully saturated rings. The molecule has 2 amide bonds. The van der Waals surface area contributed by atoms with Gasteiger partial charge in [0, 0.05) is 32.2 Å². The average molecular weight is 343 g/mol. The van der Waals surface area contributed by atoms with Gasteiger partial charge in [-0.1, -0.05) is 24.3 Å². The molecule has 2 atom stereocenters. The molecule has 0 saturated carbocycles. The molecule has 5 nitrogen and oxygen atoms in total. The Morgan fingerprint density at radius 1 is 1.16 bits per heavy atom. The molecule has 136 valence electrons. The number of urea groups is 1. The number of benzene rings is 1. The molecule has 1 saturated heterocycles. The zero-order valence-electron chi connectivity index (χ0n) is 15.4. The summed E-state index contributed by atoms with van der Waals surface area (Å²) in [7, 11) is 0. The molecule has 5 heteroatoms. The molecule has 3 rings (SSSR count). The second-order valence-electron chi connectivity index (χ2n) is 7.22. The average Bonchev–Trinajstić information content (AvgIpc) is 3.26. The van der Waals surface area contributed by atoms with Crippen molar-refractivity contribution in [2.75, 3.05) is 26.2 Å². The number of rotatable bonds is 5. The first-order valence-electron chi connectivity index (χ1n) is 9.24. The summed E-state index contributed by atoms with van der Waals surface area (Å²) in [6.07, 6.45) is 5.64. The summed E-state index contributed by atoms with van der Waals surface area (Å²) in [4.78, 5) is 16.9. The number of hydrogen-bond donors (Lipinski definition) is 1. The lowest BCUT2D eigenvalue weighted by molar-refractivity contribution is 0.197. The van der Waals surface area contributed by atoms with E-state index in [-0.39, 0.29) is 18.2 Å². The zero-order valence-corrected chi connectivity index (χ0v) is 15.4. The van der Waals surface area contributed by atoms with Crippen molar-refractivity contribution in [1.29, 1.82) is 0 Å². The van der Waals surface area contributed by atoms with E-state index in [4.69, 9.17) is 4.74 Å². The van der Waals surface area contributed by atoms with Gasteiger partial charge in [0.2, 0.25) is 0 Å². The van der Waals surface area contributed by atoms with Gasteiger partial charge in [0.05, 0.1) is 12.1 Å². The highest BCUT2D eigenvalue weighted by atomic mass is 16.5. The number of amides is 2. The van der Waals surface area contributed by atoms with Crippen molar-refractivity contribution in [1.82, 2.24) is 15.1 Å². The predicted octanol–water partition coefficient (Wildman–Crippen LogP) is 3.19. The van der Waals surface area contributed by atoms with Gasteiger partial charge in [-0.15, -0.1) is 0 Å². The fraction of sp³-hybridized carbons (Fsp3) is 0.550. The molecular formula is C20H29N3O2. The first kappa shape index (κ1) is 17.8. The van der Waals surface area contributed by atoms with Gasteiger partial charge in [0.1, 0.15) is 5.75 Å². The maximum absolute atomic E-state index is 12.6. The molecule has 1 N–H and O–H groups in total. The third kappa shape index (κ3) is 4.54. The minimum Gasteiger partial charge on any atom is -0.491 e. The van der Waals surface area contributed by atoms with Gasteiger partial charge in [-0.3, -0.25) is 4.90 Å². The van der Waals surface area contributed by atoms with Crippen LogP contribution in [-0.2, 0) is 0 Å². The van der Waals surface area contributed by atoms with Crippen molar-refractivity contribution in [3.63, 3.8) is 0 Å². The Morgan fingerprint density at radius 3 is 2.48 bits per heavy atom. The second kappa shape index (κ2) is 7.91. The van der Waals surface area contributed by atoms with Crippen molar-refractivity contribution in [3.8, 4) is 5.75 Å². The number of carbonyl (C=O) groups excluding carboxylic acids is 1. The van der Waals surface area contributed by atoms with E-state index >= 15 is 0 Å². The fourth-order valence-electron chi connectivity index (χ4n) is 3.48. The molecule has 2 heterocycles. The van der Waals surface area contributed by atoms with Crippen LogP contribution in [0.4, 0.5) is 4.79 Å². The van der Waals surface area contributed by atoms with Crippen LogP contribution in [0.15, 0.2) is 36.4 Å². The third-order valence-corrected chi connectivity index (χ3v) is 4.91. The molecule has 0 radical (unpaired) electrons. The molecule has 2 aliphatic rings. The Morgan fingerprint density at radius 2 is 1.84 bits per heavy atom.